The molecule has 0 saturated carbocycles. The quantitative estimate of drug-likeness (QED) is 0.684. The Morgan fingerprint density at radius 1 is 1.12 bits per heavy atom. The number of sulfonamides is 1. The van der Waals surface area contributed by atoms with E-state index in [1.54, 1.807) is 32.0 Å². The number of carbonyl (C=O) groups is 1. The second kappa shape index (κ2) is 8.08. The predicted molar refractivity (Wildman–Crippen MR) is 98.8 cm³/mol. The van der Waals surface area contributed by atoms with Crippen LogP contribution >= 0.6 is 23.2 Å². The van der Waals surface area contributed by atoms with E-state index in [1.165, 1.54) is 24.3 Å². The number of rotatable bonds is 6. The number of carbonyl (C=O) groups excluding carboxylic acids is 1. The van der Waals surface area contributed by atoms with Crippen LogP contribution in [0.25, 0.3) is 0 Å². The minimum Gasteiger partial charge on any atom is -0.465 e. The SMILES string of the molecule is CCOC(=O)CN(c1cccc(Cl)c1C)S(=O)(=O)c1ccc(Cl)cc1. The zero-order valence-electron chi connectivity index (χ0n) is 13.7. The molecule has 0 radical (unpaired) electrons. The smallest absolute Gasteiger partial charge is 0.326 e. The first kappa shape index (κ1) is 19.6. The molecular formula is C17H17Cl2NO4S. The first-order valence-corrected chi connectivity index (χ1v) is 9.66. The first-order valence-electron chi connectivity index (χ1n) is 7.46. The van der Waals surface area contributed by atoms with Crippen molar-refractivity contribution in [3.05, 3.63) is 58.1 Å². The third kappa shape index (κ3) is 4.45. The number of ether oxygens (including phenoxy) is 1. The third-order valence-electron chi connectivity index (χ3n) is 3.49. The van der Waals surface area contributed by atoms with E-state index < -0.39 is 22.5 Å². The highest BCUT2D eigenvalue weighted by atomic mass is 35.5. The summed E-state index contributed by atoms with van der Waals surface area (Å²) in [5.41, 5.74) is 0.863. The second-order valence-electron chi connectivity index (χ2n) is 5.15. The summed E-state index contributed by atoms with van der Waals surface area (Å²) >= 11 is 11.9. The molecule has 0 heterocycles. The Kier molecular flexibility index (Phi) is 6.32. The fourth-order valence-corrected chi connectivity index (χ4v) is 3.99. The van der Waals surface area contributed by atoms with Crippen LogP contribution in [0.3, 0.4) is 0 Å². The van der Waals surface area contributed by atoms with Gasteiger partial charge in [-0.1, -0.05) is 29.3 Å². The number of hydrogen-bond donors (Lipinski definition) is 0. The largest absolute Gasteiger partial charge is 0.465 e. The molecule has 0 N–H and O–H groups in total. The van der Waals surface area contributed by atoms with E-state index in [2.05, 4.69) is 0 Å². The molecule has 0 spiro atoms. The van der Waals surface area contributed by atoms with Crippen LogP contribution in [0.2, 0.25) is 10.0 Å². The molecule has 8 heteroatoms. The standard InChI is InChI=1S/C17H17Cl2NO4S/c1-3-24-17(21)11-20(16-6-4-5-15(19)12(16)2)25(22,23)14-9-7-13(18)8-10-14/h4-10H,3,11H2,1-2H3. The van der Waals surface area contributed by atoms with Crippen LogP contribution in [0.4, 0.5) is 5.69 Å². The molecule has 0 aliphatic carbocycles. The van der Waals surface area contributed by atoms with Crippen LogP contribution in [0.15, 0.2) is 47.4 Å². The van der Waals surface area contributed by atoms with E-state index in [0.29, 0.717) is 21.3 Å². The van der Waals surface area contributed by atoms with Gasteiger partial charge in [0, 0.05) is 10.0 Å². The molecule has 0 amide bonds. The van der Waals surface area contributed by atoms with Crippen molar-refractivity contribution in [3.63, 3.8) is 0 Å². The molecule has 0 aliphatic rings. The van der Waals surface area contributed by atoms with Gasteiger partial charge in [-0.25, -0.2) is 8.42 Å². The zero-order valence-corrected chi connectivity index (χ0v) is 16.0. The Bertz CT molecular complexity index is 867. The predicted octanol–water partition coefficient (Wildman–Crippen LogP) is 4.06. The molecule has 2 aromatic carbocycles. The van der Waals surface area contributed by atoms with Crippen LogP contribution in [-0.4, -0.2) is 27.5 Å². The van der Waals surface area contributed by atoms with Crippen LogP contribution in [0.5, 0.6) is 0 Å². The lowest BCUT2D eigenvalue weighted by Crippen LogP contribution is -2.37. The van der Waals surface area contributed by atoms with Crippen LogP contribution in [-0.2, 0) is 19.6 Å². The molecule has 25 heavy (non-hydrogen) atoms. The minimum atomic E-state index is -4.01. The van der Waals surface area contributed by atoms with Gasteiger partial charge in [-0.3, -0.25) is 9.10 Å². The number of nitrogens with zero attached hydrogens (tertiary/aromatic N) is 1. The summed E-state index contributed by atoms with van der Waals surface area (Å²) in [6, 6.07) is 10.6. The first-order chi connectivity index (χ1) is 11.8. The molecule has 0 atom stereocenters. The monoisotopic (exact) mass is 401 g/mol. The summed E-state index contributed by atoms with van der Waals surface area (Å²) in [7, 11) is -4.01. The highest BCUT2D eigenvalue weighted by molar-refractivity contribution is 7.92. The van der Waals surface area contributed by atoms with E-state index in [1.807, 2.05) is 0 Å². The summed E-state index contributed by atoms with van der Waals surface area (Å²) in [4.78, 5) is 12.0. The van der Waals surface area contributed by atoms with Gasteiger partial charge in [-0.15, -0.1) is 0 Å². The number of esters is 1. The molecule has 2 rings (SSSR count). The number of halogens is 2. The zero-order chi connectivity index (χ0) is 18.6. The Balaban J connectivity index is 2.56. The molecule has 0 aromatic heterocycles. The van der Waals surface area contributed by atoms with E-state index in [0.717, 1.165) is 4.31 Å². The summed E-state index contributed by atoms with van der Waals surface area (Å²) in [5, 5.41) is 0.812. The molecule has 5 nitrogen and oxygen atoms in total. The lowest BCUT2D eigenvalue weighted by Gasteiger charge is -2.25. The normalized spacial score (nSPS) is 11.2. The Hall–Kier alpha value is -1.76. The minimum absolute atomic E-state index is 0.0144. The van der Waals surface area contributed by atoms with Gasteiger partial charge in [0.25, 0.3) is 10.0 Å². The van der Waals surface area contributed by atoms with Crippen molar-refractivity contribution in [3.8, 4) is 0 Å². The van der Waals surface area contributed by atoms with Crippen molar-refractivity contribution in [1.29, 1.82) is 0 Å². The highest BCUT2D eigenvalue weighted by Crippen LogP contribution is 2.31. The van der Waals surface area contributed by atoms with Gasteiger partial charge < -0.3 is 4.74 Å². The third-order valence-corrected chi connectivity index (χ3v) is 5.92. The highest BCUT2D eigenvalue weighted by Gasteiger charge is 2.29. The van der Waals surface area contributed by atoms with Crippen molar-refractivity contribution in [2.45, 2.75) is 18.7 Å². The van der Waals surface area contributed by atoms with E-state index >= 15 is 0 Å². The summed E-state index contributed by atoms with van der Waals surface area (Å²) in [5.74, 6) is -0.653. The molecule has 0 bridgehead atoms. The molecular weight excluding hydrogens is 385 g/mol. The van der Waals surface area contributed by atoms with E-state index in [4.69, 9.17) is 27.9 Å². The van der Waals surface area contributed by atoms with Crippen molar-refractivity contribution in [2.75, 3.05) is 17.5 Å². The second-order valence-corrected chi connectivity index (χ2v) is 7.86. The van der Waals surface area contributed by atoms with Crippen molar-refractivity contribution < 1.29 is 17.9 Å². The maximum Gasteiger partial charge on any atom is 0.326 e. The Morgan fingerprint density at radius 3 is 2.36 bits per heavy atom. The van der Waals surface area contributed by atoms with Crippen LogP contribution in [0.1, 0.15) is 12.5 Å². The van der Waals surface area contributed by atoms with Crippen molar-refractivity contribution in [1.82, 2.24) is 0 Å². The van der Waals surface area contributed by atoms with Crippen LogP contribution < -0.4 is 4.31 Å². The van der Waals surface area contributed by atoms with Gasteiger partial charge in [-0.05, 0) is 55.8 Å². The van der Waals surface area contributed by atoms with Crippen LogP contribution in [0, 0.1) is 6.92 Å². The van der Waals surface area contributed by atoms with Crippen molar-refractivity contribution in [2.24, 2.45) is 0 Å². The lowest BCUT2D eigenvalue weighted by atomic mass is 10.2. The van der Waals surface area contributed by atoms with Crippen molar-refractivity contribution >= 4 is 44.9 Å². The maximum absolute atomic E-state index is 13.1. The Morgan fingerprint density at radius 2 is 1.76 bits per heavy atom. The number of hydrogen-bond acceptors (Lipinski definition) is 4. The number of benzene rings is 2. The topological polar surface area (TPSA) is 63.7 Å². The summed E-state index contributed by atoms with van der Waals surface area (Å²) in [6.07, 6.45) is 0. The van der Waals surface area contributed by atoms with E-state index in [9.17, 15) is 13.2 Å². The van der Waals surface area contributed by atoms with E-state index in [-0.39, 0.29) is 11.5 Å². The maximum atomic E-state index is 13.1. The van der Waals surface area contributed by atoms with Gasteiger partial charge in [0.2, 0.25) is 0 Å². The molecule has 134 valence electrons. The number of anilines is 1. The molecule has 0 aliphatic heterocycles. The van der Waals surface area contributed by atoms with Gasteiger partial charge in [0.15, 0.2) is 0 Å². The summed E-state index contributed by atoms with van der Waals surface area (Å²) < 4.78 is 32.1. The molecule has 0 saturated heterocycles. The molecule has 0 unspecified atom stereocenters. The Labute approximate surface area is 157 Å². The average molecular weight is 402 g/mol. The molecule has 0 fully saturated rings. The molecule has 2 aromatic rings. The van der Waals surface area contributed by atoms with Gasteiger partial charge in [-0.2, -0.15) is 0 Å². The lowest BCUT2D eigenvalue weighted by molar-refractivity contribution is -0.141. The fraction of sp³-hybridized carbons (Fsp3) is 0.235. The summed E-state index contributed by atoms with van der Waals surface area (Å²) in [6.45, 7) is 3.04. The van der Waals surface area contributed by atoms with Gasteiger partial charge >= 0.3 is 5.97 Å². The average Bonchev–Trinajstić information content (AvgIpc) is 2.56. The van der Waals surface area contributed by atoms with Gasteiger partial charge in [0.1, 0.15) is 6.54 Å². The fourth-order valence-electron chi connectivity index (χ4n) is 2.22. The van der Waals surface area contributed by atoms with Gasteiger partial charge in [0.05, 0.1) is 17.2 Å².